The van der Waals surface area contributed by atoms with Crippen LogP contribution in [0, 0.1) is 20.2 Å². The lowest BCUT2D eigenvalue weighted by Gasteiger charge is -2.22. The van der Waals surface area contributed by atoms with Crippen molar-refractivity contribution in [2.75, 3.05) is 67.7 Å². The average Bonchev–Trinajstić information content (AvgIpc) is 3.05. The van der Waals surface area contributed by atoms with Gasteiger partial charge in [-0.05, 0) is 39.0 Å². The Bertz CT molecular complexity index is 1640. The number of hydrogen-bond acceptors (Lipinski definition) is 12. The molecule has 48 heavy (non-hydrogen) atoms. The molecule has 14 heteroatoms. The molecular formula is C34H38N4O10. The van der Waals surface area contributed by atoms with E-state index in [1.807, 2.05) is 38.0 Å². The smallest absolute Gasteiger partial charge is 0.418 e. The first-order chi connectivity index (χ1) is 23.0. The highest BCUT2D eigenvalue weighted by atomic mass is 16.6. The van der Waals surface area contributed by atoms with Crippen LogP contribution in [0.2, 0.25) is 0 Å². The van der Waals surface area contributed by atoms with Crippen LogP contribution < -0.4 is 0 Å². The van der Waals surface area contributed by atoms with Crippen LogP contribution in [0.5, 0.6) is 0 Å². The van der Waals surface area contributed by atoms with Gasteiger partial charge in [-0.15, -0.1) is 0 Å². The Kier molecular flexibility index (Phi) is 12.5. The lowest BCUT2D eigenvalue weighted by atomic mass is 9.99. The largest absolute Gasteiger partial charge is 0.447 e. The van der Waals surface area contributed by atoms with E-state index in [1.54, 1.807) is 60.7 Å². The van der Waals surface area contributed by atoms with E-state index < -0.39 is 34.0 Å². The van der Waals surface area contributed by atoms with Gasteiger partial charge in [0.2, 0.25) is 0 Å². The minimum absolute atomic E-state index is 0.201. The first kappa shape index (κ1) is 35.8. The van der Waals surface area contributed by atoms with Gasteiger partial charge < -0.3 is 28.7 Å². The number of rotatable bonds is 16. The van der Waals surface area contributed by atoms with Gasteiger partial charge in [0.25, 0.3) is 11.4 Å². The Morgan fingerprint density at radius 3 is 1.31 bits per heavy atom. The van der Waals surface area contributed by atoms with E-state index in [0.717, 1.165) is 0 Å². The summed E-state index contributed by atoms with van der Waals surface area (Å²) in [5.41, 5.74) is 0.151. The maximum Gasteiger partial charge on any atom is 0.418 e. The Morgan fingerprint density at radius 1 is 0.625 bits per heavy atom. The number of nitro groups is 2. The van der Waals surface area contributed by atoms with Crippen molar-refractivity contribution in [1.29, 1.82) is 0 Å². The number of nitro benzene ring substituents is 2. The molecule has 254 valence electrons. The second-order valence-corrected chi connectivity index (χ2v) is 11.5. The molecule has 0 bridgehead atoms. The third-order valence-electron chi connectivity index (χ3n) is 7.49. The molecule has 0 aliphatic carbocycles. The molecule has 14 nitrogen and oxygen atoms in total. The van der Waals surface area contributed by atoms with Crippen LogP contribution in [0.1, 0.15) is 23.3 Å². The number of fused-ring (bicyclic) bond motifs is 2. The van der Waals surface area contributed by atoms with Gasteiger partial charge in [-0.2, -0.15) is 0 Å². The first-order valence-corrected chi connectivity index (χ1v) is 15.2. The topological polar surface area (TPSA) is 164 Å². The van der Waals surface area contributed by atoms with Crippen LogP contribution in [-0.2, 0) is 28.5 Å². The molecule has 0 saturated heterocycles. The molecule has 0 heterocycles. The van der Waals surface area contributed by atoms with Crippen LogP contribution in [0.4, 0.5) is 11.4 Å². The molecule has 0 aliphatic rings. The van der Waals surface area contributed by atoms with Crippen LogP contribution in [0.3, 0.4) is 0 Å². The second kappa shape index (κ2) is 16.7. The Morgan fingerprint density at radius 2 is 0.979 bits per heavy atom. The minimum atomic E-state index is -1.38. The zero-order chi connectivity index (χ0) is 34.8. The van der Waals surface area contributed by atoms with Crippen LogP contribution in [0.15, 0.2) is 72.8 Å². The quantitative estimate of drug-likeness (QED) is 0.0528. The monoisotopic (exact) mass is 662 g/mol. The third-order valence-corrected chi connectivity index (χ3v) is 7.49. The Balaban J connectivity index is 1.66. The molecule has 2 atom stereocenters. The van der Waals surface area contributed by atoms with E-state index in [4.69, 9.17) is 18.9 Å². The summed E-state index contributed by atoms with van der Waals surface area (Å²) in [5.74, 6) is -2.75. The molecule has 0 radical (unpaired) electrons. The molecule has 2 unspecified atom stereocenters. The number of non-ortho nitro benzene ring substituents is 2. The van der Waals surface area contributed by atoms with Gasteiger partial charge in [-0.25, -0.2) is 9.59 Å². The highest BCUT2D eigenvalue weighted by molar-refractivity contribution is 6.29. The van der Waals surface area contributed by atoms with E-state index in [2.05, 4.69) is 0 Å². The van der Waals surface area contributed by atoms with Crippen molar-refractivity contribution in [3.05, 3.63) is 104 Å². The Hall–Kier alpha value is -5.02. The van der Waals surface area contributed by atoms with Crippen molar-refractivity contribution in [2.24, 2.45) is 0 Å². The summed E-state index contributed by atoms with van der Waals surface area (Å²) in [5, 5.41) is 25.4. The van der Waals surface area contributed by atoms with E-state index in [-0.39, 0.29) is 59.7 Å². The SMILES string of the molecule is CN(C)CCOCC(OC(=O)C(=O)OC(COCCN(C)C)c1cccc2cccc([N+](=O)[O-])c12)c1cccc2cccc([N+](=O)[O-])c12. The summed E-state index contributed by atoms with van der Waals surface area (Å²) < 4.78 is 22.9. The van der Waals surface area contributed by atoms with Crippen LogP contribution in [-0.4, -0.2) is 99.3 Å². The third kappa shape index (κ3) is 9.07. The van der Waals surface area contributed by atoms with Gasteiger partial charge in [0.15, 0.2) is 12.2 Å². The van der Waals surface area contributed by atoms with Crippen LogP contribution in [0.25, 0.3) is 21.5 Å². The maximum atomic E-state index is 13.4. The minimum Gasteiger partial charge on any atom is -0.447 e. The number of benzene rings is 4. The number of carbonyl (C=O) groups excluding carboxylic acids is 2. The lowest BCUT2D eigenvalue weighted by molar-refractivity contribution is -0.383. The number of ether oxygens (including phenoxy) is 4. The zero-order valence-corrected chi connectivity index (χ0v) is 27.2. The second-order valence-electron chi connectivity index (χ2n) is 11.5. The van der Waals surface area contributed by atoms with Gasteiger partial charge in [0.05, 0.1) is 47.0 Å². The number of hydrogen-bond donors (Lipinski definition) is 0. The molecule has 4 aromatic rings. The molecule has 4 aromatic carbocycles. The van der Waals surface area contributed by atoms with E-state index in [0.29, 0.717) is 23.9 Å². The highest BCUT2D eigenvalue weighted by Gasteiger charge is 2.31. The molecule has 0 spiro atoms. The molecule has 0 aliphatic heterocycles. The van der Waals surface area contributed by atoms with Crippen molar-refractivity contribution in [1.82, 2.24) is 9.80 Å². The zero-order valence-electron chi connectivity index (χ0n) is 27.2. The Labute approximate surface area is 277 Å². The average molecular weight is 663 g/mol. The summed E-state index contributed by atoms with van der Waals surface area (Å²) in [7, 11) is 7.43. The summed E-state index contributed by atoms with van der Waals surface area (Å²) in [6.45, 7) is 1.19. The van der Waals surface area contributed by atoms with Crippen LogP contribution >= 0.6 is 0 Å². The summed E-state index contributed by atoms with van der Waals surface area (Å²) in [4.78, 5) is 53.4. The van der Waals surface area contributed by atoms with E-state index >= 15 is 0 Å². The standard InChI is InChI=1S/C34H38N4O10/c1-35(2)17-19-45-21-29(25-13-5-9-23-11-7-15-27(31(23)25)37(41)42)47-33(39)34(40)48-30(22-46-20-18-36(3)4)26-14-6-10-24-12-8-16-28(32(24)26)38(43)44/h5-16,29-30H,17-22H2,1-4H3. The van der Waals surface area contributed by atoms with Gasteiger partial charge in [-0.3, -0.25) is 20.2 Å². The summed E-state index contributed by atoms with van der Waals surface area (Å²) in [6.07, 6.45) is -2.43. The van der Waals surface area contributed by atoms with Gasteiger partial charge in [-0.1, -0.05) is 60.7 Å². The van der Waals surface area contributed by atoms with E-state index in [9.17, 15) is 29.8 Å². The highest BCUT2D eigenvalue weighted by Crippen LogP contribution is 2.36. The molecule has 0 aromatic heterocycles. The molecule has 0 N–H and O–H groups in total. The fraction of sp³-hybridized carbons (Fsp3) is 0.353. The molecule has 0 fully saturated rings. The number of carbonyl (C=O) groups is 2. The molecule has 0 amide bonds. The van der Waals surface area contributed by atoms with Gasteiger partial charge in [0.1, 0.15) is 0 Å². The molecule has 0 saturated carbocycles. The van der Waals surface area contributed by atoms with Crippen molar-refractivity contribution >= 4 is 44.9 Å². The first-order valence-electron chi connectivity index (χ1n) is 15.2. The fourth-order valence-electron chi connectivity index (χ4n) is 5.14. The predicted molar refractivity (Wildman–Crippen MR) is 178 cm³/mol. The fourth-order valence-corrected chi connectivity index (χ4v) is 5.14. The van der Waals surface area contributed by atoms with Gasteiger partial charge in [0, 0.05) is 36.3 Å². The predicted octanol–water partition coefficient (Wildman–Crippen LogP) is 4.83. The summed E-state index contributed by atoms with van der Waals surface area (Å²) >= 11 is 0. The van der Waals surface area contributed by atoms with Crippen molar-refractivity contribution in [3.8, 4) is 0 Å². The number of nitrogens with zero attached hydrogens (tertiary/aromatic N) is 4. The molecule has 4 rings (SSSR count). The van der Waals surface area contributed by atoms with Crippen molar-refractivity contribution < 1.29 is 38.4 Å². The van der Waals surface area contributed by atoms with Crippen molar-refractivity contribution in [3.63, 3.8) is 0 Å². The van der Waals surface area contributed by atoms with Crippen molar-refractivity contribution in [2.45, 2.75) is 12.2 Å². The number of esters is 2. The number of likely N-dealkylation sites (N-methyl/N-ethyl adjacent to an activating group) is 2. The van der Waals surface area contributed by atoms with Gasteiger partial charge >= 0.3 is 11.9 Å². The molecular weight excluding hydrogens is 624 g/mol. The lowest BCUT2D eigenvalue weighted by Crippen LogP contribution is -2.28. The van der Waals surface area contributed by atoms with E-state index in [1.165, 1.54) is 12.1 Å². The summed E-state index contributed by atoms with van der Waals surface area (Å²) in [6, 6.07) is 19.0. The normalized spacial score (nSPS) is 12.7. The maximum absolute atomic E-state index is 13.4.